The van der Waals surface area contributed by atoms with Gasteiger partial charge in [-0.1, -0.05) is 18.2 Å². The highest BCUT2D eigenvalue weighted by Crippen LogP contribution is 2.35. The van der Waals surface area contributed by atoms with Crippen LogP contribution in [-0.4, -0.2) is 24.2 Å². The number of nitrogens with one attached hydrogen (secondary N) is 2. The lowest BCUT2D eigenvalue weighted by Crippen LogP contribution is -2.25. The van der Waals surface area contributed by atoms with Gasteiger partial charge in [0.15, 0.2) is 0 Å². The fraction of sp³-hybridized carbons (Fsp3) is 0.0909. The Balaban J connectivity index is 2.59. The van der Waals surface area contributed by atoms with Crippen molar-refractivity contribution in [3.8, 4) is 0 Å². The van der Waals surface area contributed by atoms with Crippen LogP contribution >= 0.6 is 11.3 Å². The predicted octanol–water partition coefficient (Wildman–Crippen LogP) is 2.35. The fourth-order valence-corrected chi connectivity index (χ4v) is 2.49. The molecule has 0 radical (unpaired) electrons. The van der Waals surface area contributed by atoms with E-state index in [1.54, 1.807) is 12.1 Å². The number of urea groups is 1. The van der Waals surface area contributed by atoms with E-state index in [0.717, 1.165) is 21.4 Å². The summed E-state index contributed by atoms with van der Waals surface area (Å²) in [5.74, 6) is -1.04. The molecule has 0 bridgehead atoms. The van der Waals surface area contributed by atoms with E-state index >= 15 is 0 Å². The Morgan fingerprint density at radius 1 is 1.29 bits per heavy atom. The van der Waals surface area contributed by atoms with Gasteiger partial charge in [0, 0.05) is 17.1 Å². The molecule has 1 aromatic heterocycles. The van der Waals surface area contributed by atoms with Crippen molar-refractivity contribution in [2.24, 2.45) is 0 Å². The molecule has 0 saturated heterocycles. The van der Waals surface area contributed by atoms with Gasteiger partial charge in [0.1, 0.15) is 4.88 Å². The number of hydrogen-bond donors (Lipinski definition) is 3. The minimum atomic E-state index is -1.04. The van der Waals surface area contributed by atoms with E-state index in [1.807, 2.05) is 12.1 Å². The second-order valence-electron chi connectivity index (χ2n) is 3.31. The number of carboxylic acids is 1. The van der Waals surface area contributed by atoms with Gasteiger partial charge >= 0.3 is 12.0 Å². The number of anilines is 1. The Labute approximate surface area is 101 Å². The Hall–Kier alpha value is -2.08. The van der Waals surface area contributed by atoms with Crippen LogP contribution in [0.5, 0.6) is 0 Å². The zero-order chi connectivity index (χ0) is 12.4. The van der Waals surface area contributed by atoms with E-state index in [2.05, 4.69) is 10.6 Å². The summed E-state index contributed by atoms with van der Waals surface area (Å²) in [6, 6.07) is 6.80. The minimum Gasteiger partial charge on any atom is -0.477 e. The van der Waals surface area contributed by atoms with Crippen molar-refractivity contribution in [2.45, 2.75) is 0 Å². The van der Waals surface area contributed by atoms with E-state index in [0.29, 0.717) is 5.69 Å². The molecule has 2 aromatic rings. The molecule has 2 rings (SSSR count). The quantitative estimate of drug-likeness (QED) is 0.765. The number of fused-ring (bicyclic) bond motifs is 1. The predicted molar refractivity (Wildman–Crippen MR) is 66.9 cm³/mol. The number of carbonyl (C=O) groups excluding carboxylic acids is 1. The average Bonchev–Trinajstić information content (AvgIpc) is 2.68. The summed E-state index contributed by atoms with van der Waals surface area (Å²) in [7, 11) is 1.48. The van der Waals surface area contributed by atoms with Crippen LogP contribution in [0.25, 0.3) is 10.1 Å². The maximum Gasteiger partial charge on any atom is 0.348 e. The first-order valence-corrected chi connectivity index (χ1v) is 5.68. The lowest BCUT2D eigenvalue weighted by molar-refractivity contribution is 0.0703. The highest BCUT2D eigenvalue weighted by atomic mass is 32.1. The molecule has 0 aliphatic rings. The Morgan fingerprint density at radius 2 is 2.00 bits per heavy atom. The van der Waals surface area contributed by atoms with Crippen molar-refractivity contribution in [1.82, 2.24) is 5.32 Å². The summed E-state index contributed by atoms with van der Waals surface area (Å²) in [6.07, 6.45) is 0. The third-order valence-electron chi connectivity index (χ3n) is 2.26. The number of aromatic carboxylic acids is 1. The zero-order valence-corrected chi connectivity index (χ0v) is 9.80. The van der Waals surface area contributed by atoms with Crippen LogP contribution in [0.3, 0.4) is 0 Å². The number of carbonyl (C=O) groups is 2. The summed E-state index contributed by atoms with van der Waals surface area (Å²) in [6.45, 7) is 0. The van der Waals surface area contributed by atoms with Gasteiger partial charge < -0.3 is 15.7 Å². The standard InChI is InChI=1S/C11H10N2O3S/c1-12-11(16)13-8-6-4-2-3-5-7(6)17-9(8)10(14)15/h2-5H,1H3,(H,14,15)(H2,12,13,16). The smallest absolute Gasteiger partial charge is 0.348 e. The van der Waals surface area contributed by atoms with Crippen molar-refractivity contribution in [3.05, 3.63) is 29.1 Å². The highest BCUT2D eigenvalue weighted by Gasteiger charge is 2.18. The molecule has 0 aliphatic carbocycles. The summed E-state index contributed by atoms with van der Waals surface area (Å²) >= 11 is 1.14. The number of hydrogen-bond acceptors (Lipinski definition) is 3. The summed E-state index contributed by atoms with van der Waals surface area (Å²) in [5, 5.41) is 14.8. The molecule has 0 atom stereocenters. The van der Waals surface area contributed by atoms with Crippen LogP contribution in [0.15, 0.2) is 24.3 Å². The molecule has 17 heavy (non-hydrogen) atoms. The van der Waals surface area contributed by atoms with Gasteiger partial charge in [-0.3, -0.25) is 0 Å². The summed E-state index contributed by atoms with van der Waals surface area (Å²) < 4.78 is 0.830. The summed E-state index contributed by atoms with van der Waals surface area (Å²) in [4.78, 5) is 22.5. The molecule has 6 heteroatoms. The molecular formula is C11H10N2O3S. The van der Waals surface area contributed by atoms with Crippen LogP contribution in [0.4, 0.5) is 10.5 Å². The third kappa shape index (κ3) is 2.07. The molecule has 0 aliphatic heterocycles. The normalized spacial score (nSPS) is 10.2. The number of thiophene rings is 1. The number of amides is 2. The second kappa shape index (κ2) is 4.42. The number of rotatable bonds is 2. The molecule has 0 unspecified atom stereocenters. The Bertz CT molecular complexity index is 591. The van der Waals surface area contributed by atoms with Gasteiger partial charge in [-0.15, -0.1) is 11.3 Å². The van der Waals surface area contributed by atoms with Gasteiger partial charge in [-0.25, -0.2) is 9.59 Å². The van der Waals surface area contributed by atoms with E-state index in [9.17, 15) is 9.59 Å². The van der Waals surface area contributed by atoms with Crippen LogP contribution in [0.2, 0.25) is 0 Å². The minimum absolute atomic E-state index is 0.134. The van der Waals surface area contributed by atoms with Crippen molar-refractivity contribution < 1.29 is 14.7 Å². The third-order valence-corrected chi connectivity index (χ3v) is 3.41. The first-order chi connectivity index (χ1) is 8.13. The van der Waals surface area contributed by atoms with Crippen molar-refractivity contribution in [1.29, 1.82) is 0 Å². The molecule has 0 spiro atoms. The van der Waals surface area contributed by atoms with Gasteiger partial charge in [0.2, 0.25) is 0 Å². The van der Waals surface area contributed by atoms with Gasteiger partial charge in [0.05, 0.1) is 5.69 Å². The molecule has 0 fully saturated rings. The Kier molecular flexibility index (Phi) is 2.97. The maximum absolute atomic E-state index is 11.3. The zero-order valence-electron chi connectivity index (χ0n) is 8.98. The fourth-order valence-electron chi connectivity index (χ4n) is 1.50. The van der Waals surface area contributed by atoms with Crippen molar-refractivity contribution in [2.75, 3.05) is 12.4 Å². The molecule has 3 N–H and O–H groups in total. The van der Waals surface area contributed by atoms with Gasteiger partial charge in [-0.05, 0) is 6.07 Å². The van der Waals surface area contributed by atoms with E-state index in [1.165, 1.54) is 7.05 Å². The topological polar surface area (TPSA) is 78.4 Å². The Morgan fingerprint density at radius 3 is 2.65 bits per heavy atom. The lowest BCUT2D eigenvalue weighted by atomic mass is 10.2. The molecule has 2 amide bonds. The monoisotopic (exact) mass is 250 g/mol. The van der Waals surface area contributed by atoms with E-state index in [4.69, 9.17) is 5.11 Å². The van der Waals surface area contributed by atoms with Crippen LogP contribution in [-0.2, 0) is 0 Å². The van der Waals surface area contributed by atoms with Crippen LogP contribution < -0.4 is 10.6 Å². The van der Waals surface area contributed by atoms with Crippen molar-refractivity contribution in [3.63, 3.8) is 0 Å². The van der Waals surface area contributed by atoms with Crippen molar-refractivity contribution >= 4 is 39.1 Å². The first kappa shape index (κ1) is 11.4. The number of benzene rings is 1. The lowest BCUT2D eigenvalue weighted by Gasteiger charge is -2.04. The molecular weight excluding hydrogens is 240 g/mol. The maximum atomic E-state index is 11.3. The SMILES string of the molecule is CNC(=O)Nc1c(C(=O)O)sc2ccccc12. The van der Waals surface area contributed by atoms with Crippen LogP contribution in [0.1, 0.15) is 9.67 Å². The average molecular weight is 250 g/mol. The molecule has 1 aromatic carbocycles. The number of carboxylic acid groups (broad SMARTS) is 1. The van der Waals surface area contributed by atoms with Gasteiger partial charge in [-0.2, -0.15) is 0 Å². The van der Waals surface area contributed by atoms with E-state index in [-0.39, 0.29) is 4.88 Å². The van der Waals surface area contributed by atoms with Gasteiger partial charge in [0.25, 0.3) is 0 Å². The highest BCUT2D eigenvalue weighted by molar-refractivity contribution is 7.21. The molecule has 5 nitrogen and oxygen atoms in total. The summed E-state index contributed by atoms with van der Waals surface area (Å²) in [5.41, 5.74) is 0.345. The molecule has 1 heterocycles. The van der Waals surface area contributed by atoms with E-state index < -0.39 is 12.0 Å². The molecule has 88 valence electrons. The van der Waals surface area contributed by atoms with Crippen LogP contribution in [0, 0.1) is 0 Å². The molecule has 0 saturated carbocycles. The largest absolute Gasteiger partial charge is 0.477 e. The second-order valence-corrected chi connectivity index (χ2v) is 4.36. The first-order valence-electron chi connectivity index (χ1n) is 4.87.